The molecule has 0 saturated heterocycles. The lowest BCUT2D eigenvalue weighted by atomic mass is 9.90. The molecule has 1 unspecified atom stereocenters. The monoisotopic (exact) mass is 262 g/mol. The lowest BCUT2D eigenvalue weighted by Gasteiger charge is -2.26. The van der Waals surface area contributed by atoms with Gasteiger partial charge in [-0.05, 0) is 37.0 Å². The second-order valence-electron chi connectivity index (χ2n) is 4.91. The topological polar surface area (TPSA) is 67.5 Å². The molecule has 0 bridgehead atoms. The molecule has 0 fully saturated rings. The van der Waals surface area contributed by atoms with Gasteiger partial charge in [0.25, 0.3) is 0 Å². The lowest BCUT2D eigenvalue weighted by molar-refractivity contribution is 0.225. The van der Waals surface area contributed by atoms with Crippen molar-refractivity contribution in [3.63, 3.8) is 0 Å². The van der Waals surface area contributed by atoms with Gasteiger partial charge < -0.3 is 20.9 Å². The van der Waals surface area contributed by atoms with Crippen molar-refractivity contribution in [2.75, 3.05) is 13.7 Å². The van der Waals surface area contributed by atoms with E-state index in [1.807, 2.05) is 24.3 Å². The summed E-state index contributed by atoms with van der Waals surface area (Å²) in [6, 6.07) is 7.94. The highest BCUT2D eigenvalue weighted by molar-refractivity contribution is 5.28. The molecule has 1 aromatic carbocycles. The van der Waals surface area contributed by atoms with E-state index in [1.165, 1.54) is 5.56 Å². The van der Waals surface area contributed by atoms with Gasteiger partial charge in [-0.3, -0.25) is 0 Å². The summed E-state index contributed by atoms with van der Waals surface area (Å²) in [6.45, 7) is 0.877. The van der Waals surface area contributed by atoms with Crippen molar-refractivity contribution in [3.8, 4) is 5.75 Å². The number of benzene rings is 1. The van der Waals surface area contributed by atoms with Crippen LogP contribution in [0.4, 0.5) is 0 Å². The standard InChI is InChI=1S/C15H22N2O2/c1-19-13-7-5-11(6-8-13)9-17-15-12(10-18)3-2-4-14(15)16/h5-8,12,17-18H,2-4,9-10,16H2,1H3. The van der Waals surface area contributed by atoms with Crippen LogP contribution in [0.25, 0.3) is 0 Å². The van der Waals surface area contributed by atoms with Gasteiger partial charge in [0.15, 0.2) is 0 Å². The Kier molecular flexibility index (Phi) is 4.68. The number of allylic oxidation sites excluding steroid dienone is 1. The normalized spacial score (nSPS) is 19.4. The van der Waals surface area contributed by atoms with Gasteiger partial charge in [-0.2, -0.15) is 0 Å². The number of ether oxygens (including phenoxy) is 1. The maximum atomic E-state index is 9.40. The van der Waals surface area contributed by atoms with Crippen LogP contribution in [-0.4, -0.2) is 18.8 Å². The number of nitrogens with one attached hydrogen (secondary N) is 1. The number of hydrogen-bond donors (Lipinski definition) is 3. The third-order valence-corrected chi connectivity index (χ3v) is 3.62. The van der Waals surface area contributed by atoms with E-state index in [1.54, 1.807) is 7.11 Å². The van der Waals surface area contributed by atoms with Gasteiger partial charge in [0.2, 0.25) is 0 Å². The predicted octanol–water partition coefficient (Wildman–Crippen LogP) is 1.75. The Balaban J connectivity index is 2.00. The minimum atomic E-state index is 0.158. The zero-order valence-electron chi connectivity index (χ0n) is 11.4. The predicted molar refractivity (Wildman–Crippen MR) is 75.5 cm³/mol. The lowest BCUT2D eigenvalue weighted by Crippen LogP contribution is -2.29. The summed E-state index contributed by atoms with van der Waals surface area (Å²) in [5.41, 5.74) is 9.12. The number of rotatable bonds is 5. The van der Waals surface area contributed by atoms with Crippen LogP contribution in [0.3, 0.4) is 0 Å². The van der Waals surface area contributed by atoms with Gasteiger partial charge in [0.05, 0.1) is 13.7 Å². The van der Waals surface area contributed by atoms with Gasteiger partial charge in [-0.15, -0.1) is 0 Å². The van der Waals surface area contributed by atoms with Crippen molar-refractivity contribution in [2.24, 2.45) is 11.7 Å². The molecule has 1 atom stereocenters. The third kappa shape index (κ3) is 3.41. The number of aliphatic hydroxyl groups excluding tert-OH is 1. The first-order valence-corrected chi connectivity index (χ1v) is 6.70. The summed E-state index contributed by atoms with van der Waals surface area (Å²) in [5, 5.41) is 12.8. The Morgan fingerprint density at radius 3 is 2.74 bits per heavy atom. The highest BCUT2D eigenvalue weighted by atomic mass is 16.5. The van der Waals surface area contributed by atoms with Crippen molar-refractivity contribution in [3.05, 3.63) is 41.2 Å². The van der Waals surface area contributed by atoms with Crippen LogP contribution in [0.15, 0.2) is 35.7 Å². The van der Waals surface area contributed by atoms with Crippen molar-refractivity contribution in [1.82, 2.24) is 5.32 Å². The Hall–Kier alpha value is -1.68. The Morgan fingerprint density at radius 2 is 2.11 bits per heavy atom. The molecular weight excluding hydrogens is 240 g/mol. The van der Waals surface area contributed by atoms with E-state index in [0.29, 0.717) is 0 Å². The quantitative estimate of drug-likeness (QED) is 0.756. The number of hydrogen-bond acceptors (Lipinski definition) is 4. The van der Waals surface area contributed by atoms with Gasteiger partial charge in [0, 0.05) is 23.9 Å². The second-order valence-corrected chi connectivity index (χ2v) is 4.91. The van der Waals surface area contributed by atoms with E-state index in [0.717, 1.165) is 43.0 Å². The smallest absolute Gasteiger partial charge is 0.118 e. The third-order valence-electron chi connectivity index (χ3n) is 3.62. The van der Waals surface area contributed by atoms with Crippen LogP contribution in [0.2, 0.25) is 0 Å². The van der Waals surface area contributed by atoms with Gasteiger partial charge in [-0.1, -0.05) is 12.1 Å². The maximum Gasteiger partial charge on any atom is 0.118 e. The summed E-state index contributed by atoms with van der Waals surface area (Å²) in [7, 11) is 1.66. The van der Waals surface area contributed by atoms with Crippen LogP contribution in [0, 0.1) is 5.92 Å². The Bertz CT molecular complexity index is 440. The molecule has 1 aliphatic rings. The fourth-order valence-corrected chi connectivity index (χ4v) is 2.46. The molecule has 0 spiro atoms. The summed E-state index contributed by atoms with van der Waals surface area (Å²) in [6.07, 6.45) is 2.98. The van der Waals surface area contributed by atoms with Gasteiger partial charge in [-0.25, -0.2) is 0 Å². The molecule has 19 heavy (non-hydrogen) atoms. The molecule has 0 saturated carbocycles. The fraction of sp³-hybridized carbons (Fsp3) is 0.467. The van der Waals surface area contributed by atoms with E-state index < -0.39 is 0 Å². The number of nitrogens with two attached hydrogens (primary N) is 1. The van der Waals surface area contributed by atoms with Crippen molar-refractivity contribution < 1.29 is 9.84 Å². The van der Waals surface area contributed by atoms with Gasteiger partial charge >= 0.3 is 0 Å². The van der Waals surface area contributed by atoms with Crippen LogP contribution < -0.4 is 15.8 Å². The summed E-state index contributed by atoms with van der Waals surface area (Å²) >= 11 is 0. The molecule has 0 aliphatic heterocycles. The molecule has 0 radical (unpaired) electrons. The average molecular weight is 262 g/mol. The van der Waals surface area contributed by atoms with E-state index in [2.05, 4.69) is 5.32 Å². The second kappa shape index (κ2) is 6.48. The van der Waals surface area contributed by atoms with Crippen LogP contribution in [0.5, 0.6) is 5.75 Å². The molecule has 0 aromatic heterocycles. The number of aliphatic hydroxyl groups is 1. The maximum absolute atomic E-state index is 9.40. The zero-order valence-corrected chi connectivity index (χ0v) is 11.4. The molecular formula is C15H22N2O2. The average Bonchev–Trinajstić information content (AvgIpc) is 2.46. The molecule has 4 N–H and O–H groups in total. The molecule has 0 heterocycles. The molecule has 1 aromatic rings. The Morgan fingerprint density at radius 1 is 1.37 bits per heavy atom. The van der Waals surface area contributed by atoms with E-state index >= 15 is 0 Å². The van der Waals surface area contributed by atoms with Gasteiger partial charge in [0.1, 0.15) is 5.75 Å². The molecule has 4 heteroatoms. The first-order valence-electron chi connectivity index (χ1n) is 6.70. The van der Waals surface area contributed by atoms with Crippen LogP contribution in [-0.2, 0) is 6.54 Å². The first kappa shape index (κ1) is 13.7. The SMILES string of the molecule is COc1ccc(CNC2=C(N)CCCC2CO)cc1. The molecule has 4 nitrogen and oxygen atoms in total. The summed E-state index contributed by atoms with van der Waals surface area (Å²) in [5.74, 6) is 1.01. The van der Waals surface area contributed by atoms with Crippen molar-refractivity contribution in [2.45, 2.75) is 25.8 Å². The molecule has 2 rings (SSSR count). The minimum Gasteiger partial charge on any atom is -0.497 e. The van der Waals surface area contributed by atoms with E-state index in [-0.39, 0.29) is 12.5 Å². The Labute approximate surface area is 114 Å². The van der Waals surface area contributed by atoms with Crippen LogP contribution in [0.1, 0.15) is 24.8 Å². The van der Waals surface area contributed by atoms with Crippen molar-refractivity contribution in [1.29, 1.82) is 0 Å². The fourth-order valence-electron chi connectivity index (χ4n) is 2.46. The highest BCUT2D eigenvalue weighted by Crippen LogP contribution is 2.26. The minimum absolute atomic E-state index is 0.158. The largest absolute Gasteiger partial charge is 0.497 e. The zero-order chi connectivity index (χ0) is 13.7. The molecule has 0 amide bonds. The molecule has 1 aliphatic carbocycles. The van der Waals surface area contributed by atoms with E-state index in [4.69, 9.17) is 10.5 Å². The highest BCUT2D eigenvalue weighted by Gasteiger charge is 2.20. The summed E-state index contributed by atoms with van der Waals surface area (Å²) in [4.78, 5) is 0. The number of methoxy groups -OCH3 is 1. The first-order chi connectivity index (χ1) is 9.24. The molecule has 104 valence electrons. The van der Waals surface area contributed by atoms with E-state index in [9.17, 15) is 5.11 Å². The summed E-state index contributed by atoms with van der Waals surface area (Å²) < 4.78 is 5.13. The van der Waals surface area contributed by atoms with Crippen LogP contribution >= 0.6 is 0 Å². The van der Waals surface area contributed by atoms with Crippen molar-refractivity contribution >= 4 is 0 Å².